The quantitative estimate of drug-likeness (QED) is 0.179. The van der Waals surface area contributed by atoms with Crippen molar-refractivity contribution in [1.82, 2.24) is 4.90 Å². The first-order chi connectivity index (χ1) is 20.1. The first kappa shape index (κ1) is 26.6. The van der Waals surface area contributed by atoms with E-state index < -0.39 is 0 Å². The predicted molar refractivity (Wildman–Crippen MR) is 169 cm³/mol. The van der Waals surface area contributed by atoms with Gasteiger partial charge >= 0.3 is 0 Å². The smallest absolute Gasteiger partial charge is 0.258 e. The van der Waals surface area contributed by atoms with Crippen molar-refractivity contribution >= 4 is 40.2 Å². The predicted octanol–water partition coefficient (Wildman–Crippen LogP) is 8.47. The van der Waals surface area contributed by atoms with Gasteiger partial charge in [0, 0.05) is 35.9 Å². The molecule has 0 unspecified atom stereocenters. The first-order valence-electron chi connectivity index (χ1n) is 13.7. The highest BCUT2D eigenvalue weighted by Crippen LogP contribution is 2.38. The van der Waals surface area contributed by atoms with Crippen LogP contribution in [0.25, 0.3) is 11.3 Å². The Bertz CT molecular complexity index is 1630. The van der Waals surface area contributed by atoms with E-state index in [2.05, 4.69) is 100 Å². The maximum atomic E-state index is 13.2. The van der Waals surface area contributed by atoms with Crippen molar-refractivity contribution in [3.8, 4) is 0 Å². The van der Waals surface area contributed by atoms with Gasteiger partial charge in [-0.2, -0.15) is 0 Å². The zero-order chi connectivity index (χ0) is 28.0. The Hall–Kier alpha value is -4.64. The number of hydrogen-bond donors (Lipinski definition) is 2. The van der Waals surface area contributed by atoms with E-state index in [1.165, 1.54) is 16.7 Å². The molecule has 1 aliphatic rings. The highest BCUT2D eigenvalue weighted by molar-refractivity contribution is 6.38. The molecule has 0 radical (unpaired) electrons. The van der Waals surface area contributed by atoms with Crippen molar-refractivity contribution < 1.29 is 4.79 Å². The third kappa shape index (κ3) is 6.41. The number of anilines is 2. The molecule has 202 valence electrons. The van der Waals surface area contributed by atoms with Crippen molar-refractivity contribution in [2.75, 3.05) is 10.6 Å². The number of benzene rings is 5. The molecule has 0 spiro atoms. The van der Waals surface area contributed by atoms with E-state index >= 15 is 0 Å². The molecule has 0 aliphatic carbocycles. The van der Waals surface area contributed by atoms with Gasteiger partial charge in [0.15, 0.2) is 0 Å². The Morgan fingerprint density at radius 2 is 1.20 bits per heavy atom. The van der Waals surface area contributed by atoms with E-state index in [9.17, 15) is 4.79 Å². The van der Waals surface area contributed by atoms with Crippen LogP contribution in [0.3, 0.4) is 0 Å². The molecule has 0 atom stereocenters. The van der Waals surface area contributed by atoms with Crippen molar-refractivity contribution in [1.29, 1.82) is 0 Å². The SMILES string of the molecule is O=C1Nc2cc(Cl)ccc2/C1=C(/Nc1ccc(CN(Cc2ccccc2)Cc2ccccc2)cc1)c1ccccc1. The van der Waals surface area contributed by atoms with E-state index in [1.54, 1.807) is 6.07 Å². The maximum absolute atomic E-state index is 13.2. The lowest BCUT2D eigenvalue weighted by molar-refractivity contribution is -0.110. The maximum Gasteiger partial charge on any atom is 0.258 e. The van der Waals surface area contributed by atoms with Crippen LogP contribution in [-0.4, -0.2) is 10.8 Å². The lowest BCUT2D eigenvalue weighted by atomic mass is 10.00. The molecule has 1 heterocycles. The summed E-state index contributed by atoms with van der Waals surface area (Å²) in [5.41, 5.74) is 8.55. The molecular formula is C36H30ClN3O. The summed E-state index contributed by atoms with van der Waals surface area (Å²) in [6.07, 6.45) is 0. The van der Waals surface area contributed by atoms with E-state index in [-0.39, 0.29) is 5.91 Å². The second kappa shape index (κ2) is 12.3. The van der Waals surface area contributed by atoms with Crippen LogP contribution in [0, 0.1) is 0 Å². The van der Waals surface area contributed by atoms with Crippen LogP contribution in [0.5, 0.6) is 0 Å². The van der Waals surface area contributed by atoms with Gasteiger partial charge in [-0.15, -0.1) is 0 Å². The summed E-state index contributed by atoms with van der Waals surface area (Å²) in [4.78, 5) is 15.6. The van der Waals surface area contributed by atoms with Gasteiger partial charge in [0.1, 0.15) is 0 Å². The van der Waals surface area contributed by atoms with Gasteiger partial charge in [0.25, 0.3) is 5.91 Å². The molecule has 0 bridgehead atoms. The third-order valence-electron chi connectivity index (χ3n) is 7.17. The average Bonchev–Trinajstić information content (AvgIpc) is 3.32. The van der Waals surface area contributed by atoms with Crippen molar-refractivity contribution in [2.45, 2.75) is 19.6 Å². The van der Waals surface area contributed by atoms with Crippen LogP contribution < -0.4 is 10.6 Å². The standard InChI is InChI=1S/C36H30ClN3O/c37-30-18-21-32-33(22-30)39-36(41)34(32)35(29-14-8-3-9-15-29)38-31-19-16-28(17-20-31)25-40(23-26-10-4-1-5-11-26)24-27-12-6-2-7-13-27/h1-22,38H,23-25H2,(H,39,41)/b35-34-. The molecule has 2 N–H and O–H groups in total. The molecule has 4 nitrogen and oxygen atoms in total. The number of amides is 1. The molecular weight excluding hydrogens is 526 g/mol. The van der Waals surface area contributed by atoms with Gasteiger partial charge < -0.3 is 10.6 Å². The number of nitrogens with zero attached hydrogens (tertiary/aromatic N) is 1. The monoisotopic (exact) mass is 555 g/mol. The van der Waals surface area contributed by atoms with Gasteiger partial charge in [-0.1, -0.05) is 121 Å². The summed E-state index contributed by atoms with van der Waals surface area (Å²) >= 11 is 6.20. The lowest BCUT2D eigenvalue weighted by Crippen LogP contribution is -2.22. The number of carbonyl (C=O) groups excluding carboxylic acids is 1. The molecule has 6 rings (SSSR count). The van der Waals surface area contributed by atoms with Gasteiger partial charge in [-0.25, -0.2) is 0 Å². The Labute approximate surface area is 245 Å². The summed E-state index contributed by atoms with van der Waals surface area (Å²) in [6.45, 7) is 2.53. The molecule has 0 saturated heterocycles. The van der Waals surface area contributed by atoms with E-state index in [4.69, 9.17) is 11.6 Å². The molecule has 0 aromatic heterocycles. The summed E-state index contributed by atoms with van der Waals surface area (Å²) < 4.78 is 0. The van der Waals surface area contributed by atoms with Crippen LogP contribution in [-0.2, 0) is 24.4 Å². The zero-order valence-electron chi connectivity index (χ0n) is 22.6. The second-order valence-electron chi connectivity index (χ2n) is 10.2. The fraction of sp³-hybridized carbons (Fsp3) is 0.0833. The third-order valence-corrected chi connectivity index (χ3v) is 7.40. The van der Waals surface area contributed by atoms with Crippen molar-refractivity contribution in [3.05, 3.63) is 166 Å². The summed E-state index contributed by atoms with van der Waals surface area (Å²) in [5.74, 6) is -0.150. The molecule has 41 heavy (non-hydrogen) atoms. The van der Waals surface area contributed by atoms with Gasteiger partial charge in [-0.05, 0) is 46.5 Å². The highest BCUT2D eigenvalue weighted by Gasteiger charge is 2.28. The number of rotatable bonds is 9. The number of hydrogen-bond acceptors (Lipinski definition) is 3. The van der Waals surface area contributed by atoms with E-state index in [0.717, 1.165) is 47.8 Å². The molecule has 5 aromatic carbocycles. The highest BCUT2D eigenvalue weighted by atomic mass is 35.5. The molecule has 1 amide bonds. The summed E-state index contributed by atoms with van der Waals surface area (Å²) in [6, 6.07) is 45.1. The second-order valence-corrected chi connectivity index (χ2v) is 10.6. The number of carbonyl (C=O) groups is 1. The zero-order valence-corrected chi connectivity index (χ0v) is 23.3. The minimum Gasteiger partial charge on any atom is -0.354 e. The van der Waals surface area contributed by atoms with Gasteiger partial charge in [0.05, 0.1) is 17.0 Å². The van der Waals surface area contributed by atoms with Crippen LogP contribution in [0.1, 0.15) is 27.8 Å². The fourth-order valence-electron chi connectivity index (χ4n) is 5.22. The normalized spacial score (nSPS) is 13.6. The van der Waals surface area contributed by atoms with Crippen LogP contribution in [0.15, 0.2) is 133 Å². The van der Waals surface area contributed by atoms with Crippen molar-refractivity contribution in [2.24, 2.45) is 0 Å². The van der Waals surface area contributed by atoms with Gasteiger partial charge in [-0.3, -0.25) is 9.69 Å². The largest absolute Gasteiger partial charge is 0.354 e. The molecule has 1 aliphatic heterocycles. The van der Waals surface area contributed by atoms with Gasteiger partial charge in [0.2, 0.25) is 0 Å². The Kier molecular flexibility index (Phi) is 7.94. The lowest BCUT2D eigenvalue weighted by Gasteiger charge is -2.23. The minimum atomic E-state index is -0.150. The molecule has 0 fully saturated rings. The molecule has 5 heteroatoms. The summed E-state index contributed by atoms with van der Waals surface area (Å²) in [5, 5.41) is 7.11. The Morgan fingerprint density at radius 1 is 0.659 bits per heavy atom. The number of nitrogens with one attached hydrogen (secondary N) is 2. The Morgan fingerprint density at radius 3 is 1.78 bits per heavy atom. The number of fused-ring (bicyclic) bond motifs is 1. The fourth-order valence-corrected chi connectivity index (χ4v) is 5.40. The van der Waals surface area contributed by atoms with Crippen LogP contribution in [0.2, 0.25) is 5.02 Å². The molecule has 5 aromatic rings. The minimum absolute atomic E-state index is 0.150. The van der Waals surface area contributed by atoms with E-state index in [1.807, 2.05) is 42.5 Å². The average molecular weight is 556 g/mol. The molecule has 0 saturated carbocycles. The summed E-state index contributed by atoms with van der Waals surface area (Å²) in [7, 11) is 0. The first-order valence-corrected chi connectivity index (χ1v) is 14.1. The van der Waals surface area contributed by atoms with Crippen LogP contribution >= 0.6 is 11.6 Å². The van der Waals surface area contributed by atoms with E-state index in [0.29, 0.717) is 10.6 Å². The van der Waals surface area contributed by atoms with Crippen LogP contribution in [0.4, 0.5) is 11.4 Å². The Balaban J connectivity index is 1.27. The number of halogens is 1. The topological polar surface area (TPSA) is 44.4 Å². The van der Waals surface area contributed by atoms with Crippen molar-refractivity contribution in [3.63, 3.8) is 0 Å².